The number of hydrogen-bond acceptors (Lipinski definition) is 4. The summed E-state index contributed by atoms with van der Waals surface area (Å²) >= 11 is 7.15. The number of nitrogens with one attached hydrogen (secondary N) is 1. The minimum Gasteiger partial charge on any atom is -0.507 e. The van der Waals surface area contributed by atoms with Crippen LogP contribution in [0, 0.1) is 6.92 Å². The van der Waals surface area contributed by atoms with Gasteiger partial charge in [-0.25, -0.2) is 9.98 Å². The number of rotatable bonds is 4. The van der Waals surface area contributed by atoms with Crippen molar-refractivity contribution in [3.63, 3.8) is 0 Å². The largest absolute Gasteiger partial charge is 0.507 e. The van der Waals surface area contributed by atoms with Crippen molar-refractivity contribution in [3.05, 3.63) is 111 Å². The number of nitrogens with zero attached hydrogens (tertiary/aromatic N) is 3. The highest BCUT2D eigenvalue weighted by atomic mass is 79.9. The van der Waals surface area contributed by atoms with Gasteiger partial charge in [0.1, 0.15) is 11.4 Å². The normalized spacial score (nSPS) is 12.0. The summed E-state index contributed by atoms with van der Waals surface area (Å²) in [4.78, 5) is 9.69. The first-order valence-electron chi connectivity index (χ1n) is 10.9. The summed E-state index contributed by atoms with van der Waals surface area (Å²) in [5.74, 6) is 0.640. The van der Waals surface area contributed by atoms with E-state index in [1.807, 2.05) is 85.8 Å². The molecule has 172 valence electrons. The molecule has 0 saturated heterocycles. The first kappa shape index (κ1) is 23.2. The van der Waals surface area contributed by atoms with Gasteiger partial charge in [-0.05, 0) is 69.5 Å². The van der Waals surface area contributed by atoms with Crippen LogP contribution in [-0.4, -0.2) is 22.1 Å². The van der Waals surface area contributed by atoms with Crippen LogP contribution in [0.3, 0.4) is 0 Å². The number of benzene rings is 4. The van der Waals surface area contributed by atoms with Crippen LogP contribution in [-0.2, 0) is 0 Å². The number of hydrogen-bond donors (Lipinski definition) is 2. The number of amidine groups is 1. The molecule has 0 radical (unpaired) electrons. The quantitative estimate of drug-likeness (QED) is 0.129. The third-order valence-corrected chi connectivity index (χ3v) is 6.66. The number of aromatic nitrogens is 1. The molecule has 5 nitrogen and oxygen atoms in total. The molecule has 0 fully saturated rings. The van der Waals surface area contributed by atoms with Crippen LogP contribution in [0.4, 0.5) is 5.69 Å². The van der Waals surface area contributed by atoms with Crippen molar-refractivity contribution in [2.45, 2.75) is 6.92 Å². The molecule has 0 aliphatic heterocycles. The van der Waals surface area contributed by atoms with Crippen molar-refractivity contribution in [3.8, 4) is 5.75 Å². The van der Waals surface area contributed by atoms with Crippen molar-refractivity contribution in [1.82, 2.24) is 10.4 Å². The lowest BCUT2D eigenvalue weighted by molar-refractivity contribution is 0.475. The Kier molecular flexibility index (Phi) is 6.61. The topological polar surface area (TPSA) is 69.9 Å². The predicted molar refractivity (Wildman–Crippen MR) is 151 cm³/mol. The van der Waals surface area contributed by atoms with Crippen LogP contribution < -0.4 is 5.43 Å². The van der Waals surface area contributed by atoms with Crippen LogP contribution in [0.5, 0.6) is 5.75 Å². The Morgan fingerprint density at radius 3 is 2.49 bits per heavy atom. The molecular formula is C28H20Br2N4O. The van der Waals surface area contributed by atoms with E-state index in [0.717, 1.165) is 41.9 Å². The van der Waals surface area contributed by atoms with Gasteiger partial charge >= 0.3 is 0 Å². The molecule has 0 saturated carbocycles. The second-order valence-electron chi connectivity index (χ2n) is 7.99. The zero-order valence-electron chi connectivity index (χ0n) is 18.7. The molecule has 5 aromatic rings. The first-order chi connectivity index (χ1) is 17.0. The summed E-state index contributed by atoms with van der Waals surface area (Å²) in [6.45, 7) is 2.00. The number of fused-ring (bicyclic) bond motifs is 2. The third kappa shape index (κ3) is 4.97. The number of para-hydroxylation sites is 1. The number of pyridine rings is 1. The van der Waals surface area contributed by atoms with E-state index in [2.05, 4.69) is 42.4 Å². The molecule has 0 aliphatic rings. The van der Waals surface area contributed by atoms with E-state index < -0.39 is 0 Å². The van der Waals surface area contributed by atoms with Crippen molar-refractivity contribution < 1.29 is 5.11 Å². The molecule has 7 heteroatoms. The minimum absolute atomic E-state index is 0.156. The Morgan fingerprint density at radius 1 is 0.914 bits per heavy atom. The average Bonchev–Trinajstić information content (AvgIpc) is 2.86. The first-order valence-corrected chi connectivity index (χ1v) is 12.5. The third-order valence-electron chi connectivity index (χ3n) is 5.60. The fraction of sp³-hybridized carbons (Fsp3) is 0.0357. The van der Waals surface area contributed by atoms with Crippen molar-refractivity contribution in [1.29, 1.82) is 0 Å². The Morgan fingerprint density at radius 2 is 1.66 bits per heavy atom. The summed E-state index contributed by atoms with van der Waals surface area (Å²) in [6.07, 6.45) is 1.61. The lowest BCUT2D eigenvalue weighted by Crippen LogP contribution is -2.20. The summed E-state index contributed by atoms with van der Waals surface area (Å²) in [6, 6.07) is 27.2. The van der Waals surface area contributed by atoms with Crippen LogP contribution in [0.1, 0.15) is 16.8 Å². The predicted octanol–water partition coefficient (Wildman–Crippen LogP) is 7.63. The van der Waals surface area contributed by atoms with Gasteiger partial charge in [-0.15, -0.1) is 0 Å². The van der Waals surface area contributed by atoms with Crippen LogP contribution in [0.2, 0.25) is 0 Å². The van der Waals surface area contributed by atoms with Crippen LogP contribution in [0.25, 0.3) is 21.7 Å². The Labute approximate surface area is 219 Å². The van der Waals surface area contributed by atoms with Gasteiger partial charge in [-0.1, -0.05) is 70.5 Å². The fourth-order valence-corrected chi connectivity index (χ4v) is 5.39. The van der Waals surface area contributed by atoms with E-state index in [0.29, 0.717) is 17.1 Å². The molecule has 0 spiro atoms. The summed E-state index contributed by atoms with van der Waals surface area (Å²) in [5, 5.41) is 17.9. The van der Waals surface area contributed by atoms with Crippen LogP contribution in [0.15, 0.2) is 104 Å². The molecular weight excluding hydrogens is 568 g/mol. The molecule has 0 unspecified atom stereocenters. The van der Waals surface area contributed by atoms with Gasteiger partial charge in [0, 0.05) is 19.9 Å². The lowest BCUT2D eigenvalue weighted by Gasteiger charge is -2.10. The molecule has 4 aromatic carbocycles. The van der Waals surface area contributed by atoms with Gasteiger partial charge in [0.15, 0.2) is 5.84 Å². The molecule has 0 amide bonds. The number of aryl methyl sites for hydroxylation is 1. The maximum atomic E-state index is 10.5. The molecule has 1 heterocycles. The van der Waals surface area contributed by atoms with E-state index in [4.69, 9.17) is 9.98 Å². The minimum atomic E-state index is 0.156. The zero-order chi connectivity index (χ0) is 24.4. The van der Waals surface area contributed by atoms with Gasteiger partial charge in [0.2, 0.25) is 0 Å². The maximum Gasteiger partial charge on any atom is 0.173 e. The SMILES string of the molecule is Cc1cc(Br)cc(Br)c1N=C(N/N=C/c1c(O)ccc2ccccc12)c1ccc2ccccc2n1. The van der Waals surface area contributed by atoms with E-state index in [1.54, 1.807) is 12.3 Å². The highest BCUT2D eigenvalue weighted by Gasteiger charge is 2.11. The summed E-state index contributed by atoms with van der Waals surface area (Å²) in [7, 11) is 0. The summed E-state index contributed by atoms with van der Waals surface area (Å²) < 4.78 is 1.81. The monoisotopic (exact) mass is 586 g/mol. The number of hydrazone groups is 1. The maximum absolute atomic E-state index is 10.5. The van der Waals surface area contributed by atoms with E-state index in [-0.39, 0.29) is 5.75 Å². The Bertz CT molecular complexity index is 1610. The van der Waals surface area contributed by atoms with Gasteiger partial charge in [-0.2, -0.15) is 5.10 Å². The van der Waals surface area contributed by atoms with Crippen LogP contribution >= 0.6 is 31.9 Å². The van der Waals surface area contributed by atoms with E-state index in [9.17, 15) is 5.11 Å². The standard InChI is InChI=1S/C28H20Br2N4O/c1-17-14-20(29)15-23(30)27(17)33-28(25-12-10-19-7-3-5-9-24(19)32-25)34-31-16-22-21-8-4-2-6-18(21)11-13-26(22)35/h2-16,35H,1H3,(H,33,34)/b31-16+. The molecule has 0 bridgehead atoms. The average molecular weight is 588 g/mol. The smallest absolute Gasteiger partial charge is 0.173 e. The van der Waals surface area contributed by atoms with E-state index >= 15 is 0 Å². The summed E-state index contributed by atoms with van der Waals surface area (Å²) in [5.41, 5.74) is 6.97. The van der Waals surface area contributed by atoms with Gasteiger partial charge < -0.3 is 5.11 Å². The van der Waals surface area contributed by atoms with E-state index in [1.165, 1.54) is 0 Å². The number of aromatic hydroxyl groups is 1. The molecule has 1 aromatic heterocycles. The highest BCUT2D eigenvalue weighted by molar-refractivity contribution is 9.11. The number of halogens is 2. The Hall–Kier alpha value is -3.55. The lowest BCUT2D eigenvalue weighted by atomic mass is 10.0. The number of phenols is 1. The van der Waals surface area contributed by atoms with Gasteiger partial charge in [-0.3, -0.25) is 5.43 Å². The second kappa shape index (κ2) is 9.98. The molecule has 0 aliphatic carbocycles. The zero-order valence-corrected chi connectivity index (χ0v) is 21.9. The van der Waals surface area contributed by atoms with Crippen molar-refractivity contribution in [2.24, 2.45) is 10.1 Å². The second-order valence-corrected chi connectivity index (χ2v) is 9.76. The number of phenolic OH excluding ortho intramolecular Hbond substituents is 1. The van der Waals surface area contributed by atoms with Crippen molar-refractivity contribution in [2.75, 3.05) is 0 Å². The number of aliphatic imine (C=N–C) groups is 1. The van der Waals surface area contributed by atoms with Gasteiger partial charge in [0.05, 0.1) is 17.4 Å². The fourth-order valence-electron chi connectivity index (χ4n) is 3.86. The molecule has 0 atom stereocenters. The van der Waals surface area contributed by atoms with Crippen molar-refractivity contribution >= 4 is 71.3 Å². The molecule has 35 heavy (non-hydrogen) atoms. The molecule has 5 rings (SSSR count). The molecule has 2 N–H and O–H groups in total. The highest BCUT2D eigenvalue weighted by Crippen LogP contribution is 2.33. The van der Waals surface area contributed by atoms with Gasteiger partial charge in [0.25, 0.3) is 0 Å². The Balaban J connectivity index is 1.59.